The summed E-state index contributed by atoms with van der Waals surface area (Å²) >= 11 is 0. The van der Waals surface area contributed by atoms with Gasteiger partial charge in [-0.25, -0.2) is 25.9 Å². The standard InChI is InChI=1S/C28H27F3N4O4S/c1-18-14-19(8-11-32-18)23-16-34(21-9-12-39-13-10-21)33-28(23)22-4-3-5-25(27(22)31)35(17-38-2)40(36,37)26-15-20(29)6-7-24(26)30/h3-8,11,14-16,21H,9-10,12-13,17H2,1-2H3. The quantitative estimate of drug-likeness (QED) is 0.260. The predicted octanol–water partition coefficient (Wildman–Crippen LogP) is 5.49. The van der Waals surface area contributed by atoms with Crippen molar-refractivity contribution >= 4 is 15.7 Å². The lowest BCUT2D eigenvalue weighted by Crippen LogP contribution is -2.34. The average molecular weight is 573 g/mol. The van der Waals surface area contributed by atoms with Crippen LogP contribution in [0.25, 0.3) is 22.4 Å². The van der Waals surface area contributed by atoms with Crippen LogP contribution >= 0.6 is 0 Å². The van der Waals surface area contributed by atoms with Crippen LogP contribution in [0.4, 0.5) is 18.9 Å². The minimum absolute atomic E-state index is 0.0313. The Morgan fingerprint density at radius 3 is 2.58 bits per heavy atom. The summed E-state index contributed by atoms with van der Waals surface area (Å²) in [5, 5.41) is 4.76. The van der Waals surface area contributed by atoms with Crippen molar-refractivity contribution in [3.05, 3.63) is 84.1 Å². The van der Waals surface area contributed by atoms with Gasteiger partial charge >= 0.3 is 0 Å². The lowest BCUT2D eigenvalue weighted by Gasteiger charge is -2.25. The number of ether oxygens (including phenoxy) is 2. The number of halogens is 3. The minimum atomic E-state index is -4.77. The van der Waals surface area contributed by atoms with Gasteiger partial charge in [0.25, 0.3) is 10.0 Å². The monoisotopic (exact) mass is 572 g/mol. The van der Waals surface area contributed by atoms with Crippen molar-refractivity contribution in [1.82, 2.24) is 14.8 Å². The van der Waals surface area contributed by atoms with Gasteiger partial charge in [0.15, 0.2) is 5.82 Å². The number of nitrogens with zero attached hydrogens (tertiary/aromatic N) is 4. The third-order valence-corrected chi connectivity index (χ3v) is 8.47. The predicted molar refractivity (Wildman–Crippen MR) is 143 cm³/mol. The fourth-order valence-corrected chi connectivity index (χ4v) is 6.18. The summed E-state index contributed by atoms with van der Waals surface area (Å²) in [7, 11) is -3.55. The van der Waals surface area contributed by atoms with Crippen molar-refractivity contribution in [2.75, 3.05) is 31.4 Å². The van der Waals surface area contributed by atoms with E-state index in [1.165, 1.54) is 25.3 Å². The highest BCUT2D eigenvalue weighted by molar-refractivity contribution is 7.92. The van der Waals surface area contributed by atoms with E-state index in [9.17, 15) is 17.2 Å². The molecule has 0 unspecified atom stereocenters. The van der Waals surface area contributed by atoms with Gasteiger partial charge in [-0.1, -0.05) is 6.07 Å². The van der Waals surface area contributed by atoms with Gasteiger partial charge in [-0.3, -0.25) is 9.67 Å². The summed E-state index contributed by atoms with van der Waals surface area (Å²) in [4.78, 5) is 3.31. The molecule has 5 rings (SSSR count). The first-order valence-corrected chi connectivity index (χ1v) is 14.0. The molecule has 8 nitrogen and oxygen atoms in total. The second-order valence-corrected chi connectivity index (χ2v) is 11.2. The van der Waals surface area contributed by atoms with E-state index in [0.717, 1.165) is 30.2 Å². The molecule has 2 aromatic carbocycles. The van der Waals surface area contributed by atoms with Crippen LogP contribution in [0.15, 0.2) is 65.8 Å². The lowest BCUT2D eigenvalue weighted by atomic mass is 10.0. The van der Waals surface area contributed by atoms with Gasteiger partial charge in [0.2, 0.25) is 0 Å². The van der Waals surface area contributed by atoms with E-state index in [0.29, 0.717) is 40.9 Å². The van der Waals surface area contributed by atoms with E-state index in [-0.39, 0.29) is 11.6 Å². The molecule has 12 heteroatoms. The molecular formula is C28H27F3N4O4S. The molecule has 0 aliphatic carbocycles. The first-order chi connectivity index (χ1) is 19.2. The van der Waals surface area contributed by atoms with Crippen LogP contribution < -0.4 is 4.31 Å². The number of aryl methyl sites for hydroxylation is 1. The Bertz CT molecular complexity index is 1640. The SMILES string of the molecule is COCN(c1cccc(-c2nn(C3CCOCC3)cc2-c2ccnc(C)c2)c1F)S(=O)(=O)c1cc(F)ccc1F. The van der Waals surface area contributed by atoms with Crippen molar-refractivity contribution in [2.45, 2.75) is 30.7 Å². The number of benzene rings is 2. The van der Waals surface area contributed by atoms with Crippen LogP contribution in [0.1, 0.15) is 24.6 Å². The van der Waals surface area contributed by atoms with E-state index in [4.69, 9.17) is 14.6 Å². The second kappa shape index (κ2) is 11.4. The second-order valence-electron chi connectivity index (χ2n) is 9.39. The number of pyridine rings is 1. The van der Waals surface area contributed by atoms with Crippen LogP contribution in [-0.4, -0.2) is 50.2 Å². The molecule has 1 aliphatic heterocycles. The van der Waals surface area contributed by atoms with Gasteiger partial charge < -0.3 is 9.47 Å². The zero-order valence-electron chi connectivity index (χ0n) is 21.9. The fourth-order valence-electron chi connectivity index (χ4n) is 4.73. The number of methoxy groups -OCH3 is 1. The Balaban J connectivity index is 1.66. The molecule has 3 heterocycles. The molecule has 0 N–H and O–H groups in total. The lowest BCUT2D eigenvalue weighted by molar-refractivity contribution is 0.0663. The number of aromatic nitrogens is 3. The van der Waals surface area contributed by atoms with Crippen LogP contribution in [0, 0.1) is 24.4 Å². The van der Waals surface area contributed by atoms with E-state index in [1.54, 1.807) is 16.9 Å². The van der Waals surface area contributed by atoms with E-state index in [1.807, 2.05) is 19.2 Å². The van der Waals surface area contributed by atoms with Crippen molar-refractivity contribution < 1.29 is 31.1 Å². The Hall–Kier alpha value is -3.74. The zero-order valence-corrected chi connectivity index (χ0v) is 22.7. The highest BCUT2D eigenvalue weighted by Crippen LogP contribution is 2.38. The van der Waals surface area contributed by atoms with E-state index < -0.39 is 44.8 Å². The number of anilines is 1. The topological polar surface area (TPSA) is 86.5 Å². The maximum Gasteiger partial charge on any atom is 0.269 e. The largest absolute Gasteiger partial charge is 0.381 e. The molecule has 2 aromatic heterocycles. The first kappa shape index (κ1) is 27.8. The number of hydrogen-bond donors (Lipinski definition) is 0. The van der Waals surface area contributed by atoms with Gasteiger partial charge in [-0.15, -0.1) is 0 Å². The molecule has 0 atom stereocenters. The van der Waals surface area contributed by atoms with E-state index in [2.05, 4.69) is 4.98 Å². The number of rotatable bonds is 8. The normalized spacial score (nSPS) is 14.4. The van der Waals surface area contributed by atoms with Crippen molar-refractivity contribution in [3.8, 4) is 22.4 Å². The third-order valence-electron chi connectivity index (χ3n) is 6.71. The fraction of sp³-hybridized carbons (Fsp3) is 0.286. The molecule has 0 saturated carbocycles. The molecule has 210 valence electrons. The van der Waals surface area contributed by atoms with Crippen molar-refractivity contribution in [1.29, 1.82) is 0 Å². The molecule has 1 aliphatic rings. The Labute approximate surface area is 230 Å². The summed E-state index contributed by atoms with van der Waals surface area (Å²) < 4.78 is 84.6. The summed E-state index contributed by atoms with van der Waals surface area (Å²) in [6.45, 7) is 2.35. The molecular weight excluding hydrogens is 545 g/mol. The smallest absolute Gasteiger partial charge is 0.269 e. The molecule has 0 bridgehead atoms. The van der Waals surface area contributed by atoms with Crippen LogP contribution in [0.2, 0.25) is 0 Å². The Morgan fingerprint density at radius 1 is 1.07 bits per heavy atom. The van der Waals surface area contributed by atoms with E-state index >= 15 is 4.39 Å². The molecule has 1 fully saturated rings. The van der Waals surface area contributed by atoms with Crippen LogP contribution in [0.3, 0.4) is 0 Å². The summed E-state index contributed by atoms with van der Waals surface area (Å²) in [5.41, 5.74) is 2.07. The van der Waals surface area contributed by atoms with Gasteiger partial charge in [0.1, 0.15) is 29.0 Å². The highest BCUT2D eigenvalue weighted by Gasteiger charge is 2.32. The van der Waals surface area contributed by atoms with Gasteiger partial charge in [0, 0.05) is 49.5 Å². The van der Waals surface area contributed by atoms with Crippen molar-refractivity contribution in [3.63, 3.8) is 0 Å². The molecule has 40 heavy (non-hydrogen) atoms. The molecule has 1 saturated heterocycles. The number of sulfonamides is 1. The first-order valence-electron chi connectivity index (χ1n) is 12.6. The third kappa shape index (κ3) is 5.34. The average Bonchev–Trinajstić information content (AvgIpc) is 3.39. The molecule has 0 radical (unpaired) electrons. The Morgan fingerprint density at radius 2 is 1.85 bits per heavy atom. The summed E-state index contributed by atoms with van der Waals surface area (Å²) in [5.74, 6) is -3.05. The molecule has 0 spiro atoms. The zero-order chi connectivity index (χ0) is 28.4. The molecule has 4 aromatic rings. The summed E-state index contributed by atoms with van der Waals surface area (Å²) in [6, 6.07) is 9.93. The maximum absolute atomic E-state index is 16.4. The maximum atomic E-state index is 16.4. The van der Waals surface area contributed by atoms with Crippen molar-refractivity contribution in [2.24, 2.45) is 0 Å². The Kier molecular flexibility index (Phi) is 7.92. The molecule has 0 amide bonds. The van der Waals surface area contributed by atoms with Crippen LogP contribution in [-0.2, 0) is 19.5 Å². The summed E-state index contributed by atoms with van der Waals surface area (Å²) in [6.07, 6.45) is 4.96. The minimum Gasteiger partial charge on any atom is -0.381 e. The van der Waals surface area contributed by atoms with Gasteiger partial charge in [-0.05, 0) is 67.8 Å². The number of hydrogen-bond acceptors (Lipinski definition) is 6. The van der Waals surface area contributed by atoms with Gasteiger partial charge in [0.05, 0.1) is 11.7 Å². The highest BCUT2D eigenvalue weighted by atomic mass is 32.2. The van der Waals surface area contributed by atoms with Gasteiger partial charge in [-0.2, -0.15) is 5.10 Å². The van der Waals surface area contributed by atoms with Crippen LogP contribution in [0.5, 0.6) is 0 Å².